The van der Waals surface area contributed by atoms with E-state index in [1.807, 2.05) is 32.0 Å². The molecule has 0 aliphatic heterocycles. The fourth-order valence-electron chi connectivity index (χ4n) is 1.42. The molecule has 4 heteroatoms. The molecule has 0 fully saturated rings. The molecule has 0 spiro atoms. The molecule has 3 nitrogen and oxygen atoms in total. The molecule has 0 aliphatic carbocycles. The van der Waals surface area contributed by atoms with Crippen molar-refractivity contribution in [3.05, 3.63) is 29.6 Å². The zero-order valence-electron chi connectivity index (χ0n) is 9.90. The summed E-state index contributed by atoms with van der Waals surface area (Å²) in [5.41, 5.74) is 1.90. The average Bonchev–Trinajstić information content (AvgIpc) is 2.27. The molecule has 1 unspecified atom stereocenters. The van der Waals surface area contributed by atoms with Gasteiger partial charge >= 0.3 is 0 Å². The summed E-state index contributed by atoms with van der Waals surface area (Å²) >= 11 is 3.36. The van der Waals surface area contributed by atoms with E-state index in [0.717, 1.165) is 17.8 Å². The second kappa shape index (κ2) is 5.99. The average molecular weight is 285 g/mol. The number of carbonyl (C=O) groups excluding carboxylic acids is 1. The molecular formula is C12H17BrN2O. The van der Waals surface area contributed by atoms with Gasteiger partial charge in [-0.3, -0.25) is 9.78 Å². The van der Waals surface area contributed by atoms with Gasteiger partial charge in [0.05, 0.1) is 17.1 Å². The zero-order chi connectivity index (χ0) is 12.1. The van der Waals surface area contributed by atoms with Crippen LogP contribution in [0.15, 0.2) is 18.2 Å². The van der Waals surface area contributed by atoms with Crippen LogP contribution in [0, 0.1) is 6.92 Å². The third-order valence-corrected chi connectivity index (χ3v) is 3.39. The van der Waals surface area contributed by atoms with Crippen molar-refractivity contribution in [2.75, 3.05) is 7.05 Å². The van der Waals surface area contributed by atoms with Crippen LogP contribution in [0.5, 0.6) is 0 Å². The van der Waals surface area contributed by atoms with Gasteiger partial charge in [0.15, 0.2) is 0 Å². The number of alkyl halides is 1. The lowest BCUT2D eigenvalue weighted by molar-refractivity contribution is -0.129. The number of pyridine rings is 1. The predicted octanol–water partition coefficient (Wildman–Crippen LogP) is 2.52. The van der Waals surface area contributed by atoms with Crippen LogP contribution in [-0.4, -0.2) is 27.7 Å². The van der Waals surface area contributed by atoms with Gasteiger partial charge in [-0.15, -0.1) is 0 Å². The van der Waals surface area contributed by atoms with Gasteiger partial charge < -0.3 is 4.90 Å². The van der Waals surface area contributed by atoms with Gasteiger partial charge in [0.2, 0.25) is 5.91 Å². The summed E-state index contributed by atoms with van der Waals surface area (Å²) in [7, 11) is 1.80. The van der Waals surface area contributed by atoms with Crippen LogP contribution in [0.2, 0.25) is 0 Å². The minimum atomic E-state index is -0.0951. The highest BCUT2D eigenvalue weighted by atomic mass is 79.9. The molecule has 88 valence electrons. The first-order valence-electron chi connectivity index (χ1n) is 5.36. The van der Waals surface area contributed by atoms with Crippen molar-refractivity contribution in [2.24, 2.45) is 0 Å². The van der Waals surface area contributed by atoms with E-state index in [4.69, 9.17) is 0 Å². The number of halogens is 1. The Morgan fingerprint density at radius 2 is 2.25 bits per heavy atom. The molecule has 0 radical (unpaired) electrons. The molecule has 1 aromatic rings. The summed E-state index contributed by atoms with van der Waals surface area (Å²) in [6.45, 7) is 4.49. The maximum absolute atomic E-state index is 11.8. The molecule has 1 amide bonds. The number of amides is 1. The van der Waals surface area contributed by atoms with Gasteiger partial charge in [0, 0.05) is 12.7 Å². The van der Waals surface area contributed by atoms with Crippen molar-refractivity contribution in [1.29, 1.82) is 0 Å². The Kier molecular flexibility index (Phi) is 4.93. The monoisotopic (exact) mass is 284 g/mol. The number of rotatable bonds is 4. The first-order valence-corrected chi connectivity index (χ1v) is 6.27. The molecule has 16 heavy (non-hydrogen) atoms. The third-order valence-electron chi connectivity index (χ3n) is 2.35. The highest BCUT2D eigenvalue weighted by molar-refractivity contribution is 9.10. The van der Waals surface area contributed by atoms with E-state index in [1.54, 1.807) is 11.9 Å². The Bertz CT molecular complexity index is 368. The van der Waals surface area contributed by atoms with Crippen LogP contribution >= 0.6 is 15.9 Å². The van der Waals surface area contributed by atoms with Crippen molar-refractivity contribution in [3.63, 3.8) is 0 Å². The van der Waals surface area contributed by atoms with Crippen molar-refractivity contribution in [1.82, 2.24) is 9.88 Å². The zero-order valence-corrected chi connectivity index (χ0v) is 11.5. The lowest BCUT2D eigenvalue weighted by Crippen LogP contribution is -2.32. The molecule has 0 aliphatic rings. The highest BCUT2D eigenvalue weighted by Gasteiger charge is 2.17. The lowest BCUT2D eigenvalue weighted by Gasteiger charge is -2.19. The molecule has 0 saturated carbocycles. The summed E-state index contributed by atoms with van der Waals surface area (Å²) in [5.74, 6) is 0.103. The Labute approximate surface area is 105 Å². The molecule has 0 saturated heterocycles. The quantitative estimate of drug-likeness (QED) is 0.796. The van der Waals surface area contributed by atoms with Gasteiger partial charge in [0.25, 0.3) is 0 Å². The predicted molar refractivity (Wildman–Crippen MR) is 68.5 cm³/mol. The number of aromatic nitrogens is 1. The van der Waals surface area contributed by atoms with Crippen molar-refractivity contribution >= 4 is 21.8 Å². The molecule has 0 aromatic carbocycles. The van der Waals surface area contributed by atoms with E-state index >= 15 is 0 Å². The molecule has 1 heterocycles. The van der Waals surface area contributed by atoms with Crippen LogP contribution < -0.4 is 0 Å². The summed E-state index contributed by atoms with van der Waals surface area (Å²) < 4.78 is 0. The van der Waals surface area contributed by atoms with Crippen LogP contribution in [0.3, 0.4) is 0 Å². The second-order valence-electron chi connectivity index (χ2n) is 3.84. The van der Waals surface area contributed by atoms with E-state index in [-0.39, 0.29) is 10.7 Å². The summed E-state index contributed by atoms with van der Waals surface area (Å²) in [6, 6.07) is 5.85. The second-order valence-corrected chi connectivity index (χ2v) is 4.95. The first kappa shape index (κ1) is 13.2. The Balaban J connectivity index is 2.64. The minimum Gasteiger partial charge on any atom is -0.339 e. The van der Waals surface area contributed by atoms with Crippen LogP contribution in [0.4, 0.5) is 0 Å². The molecule has 0 N–H and O–H groups in total. The first-order chi connectivity index (χ1) is 7.54. The van der Waals surface area contributed by atoms with Crippen LogP contribution in [-0.2, 0) is 11.3 Å². The topological polar surface area (TPSA) is 33.2 Å². The van der Waals surface area contributed by atoms with E-state index in [9.17, 15) is 4.79 Å². The largest absolute Gasteiger partial charge is 0.339 e. The summed E-state index contributed by atoms with van der Waals surface area (Å²) in [4.78, 5) is 17.8. The van der Waals surface area contributed by atoms with Gasteiger partial charge in [-0.25, -0.2) is 0 Å². The molecular weight excluding hydrogens is 268 g/mol. The van der Waals surface area contributed by atoms with Gasteiger partial charge in [-0.2, -0.15) is 0 Å². The van der Waals surface area contributed by atoms with Gasteiger partial charge in [-0.05, 0) is 25.5 Å². The standard InChI is InChI=1S/C12H17BrN2O/c1-4-11(13)12(16)15(3)8-10-7-5-6-9(2)14-10/h5-7,11H,4,8H2,1-3H3. The third kappa shape index (κ3) is 3.59. The number of aryl methyl sites for hydroxylation is 1. The molecule has 1 rings (SSSR count). The Morgan fingerprint density at radius 3 is 2.81 bits per heavy atom. The number of hydrogen-bond donors (Lipinski definition) is 0. The minimum absolute atomic E-state index is 0.0951. The molecule has 0 bridgehead atoms. The lowest BCUT2D eigenvalue weighted by atomic mass is 10.2. The van der Waals surface area contributed by atoms with Gasteiger partial charge in [-0.1, -0.05) is 28.9 Å². The fourth-order valence-corrected chi connectivity index (χ4v) is 1.77. The van der Waals surface area contributed by atoms with Crippen LogP contribution in [0.1, 0.15) is 24.7 Å². The fraction of sp³-hybridized carbons (Fsp3) is 0.500. The summed E-state index contributed by atoms with van der Waals surface area (Å²) in [6.07, 6.45) is 0.796. The number of hydrogen-bond acceptors (Lipinski definition) is 2. The van der Waals surface area contributed by atoms with E-state index in [1.165, 1.54) is 0 Å². The molecule has 1 aromatic heterocycles. The SMILES string of the molecule is CCC(Br)C(=O)N(C)Cc1cccc(C)n1. The maximum Gasteiger partial charge on any atom is 0.236 e. The van der Waals surface area contributed by atoms with Crippen molar-refractivity contribution in [3.8, 4) is 0 Å². The highest BCUT2D eigenvalue weighted by Crippen LogP contribution is 2.10. The Morgan fingerprint density at radius 1 is 1.56 bits per heavy atom. The summed E-state index contributed by atoms with van der Waals surface area (Å²) in [5, 5.41) is 0. The maximum atomic E-state index is 11.8. The van der Waals surface area contributed by atoms with E-state index in [0.29, 0.717) is 6.54 Å². The van der Waals surface area contributed by atoms with Crippen molar-refractivity contribution in [2.45, 2.75) is 31.6 Å². The normalized spacial score (nSPS) is 12.2. The van der Waals surface area contributed by atoms with E-state index in [2.05, 4.69) is 20.9 Å². The van der Waals surface area contributed by atoms with E-state index < -0.39 is 0 Å². The number of nitrogens with zero attached hydrogens (tertiary/aromatic N) is 2. The molecule has 1 atom stereocenters. The van der Waals surface area contributed by atoms with Gasteiger partial charge in [0.1, 0.15) is 0 Å². The Hall–Kier alpha value is -0.900. The van der Waals surface area contributed by atoms with Crippen molar-refractivity contribution < 1.29 is 4.79 Å². The smallest absolute Gasteiger partial charge is 0.236 e. The number of carbonyl (C=O) groups is 1. The van der Waals surface area contributed by atoms with Crippen LogP contribution in [0.25, 0.3) is 0 Å².